The zero-order valence-electron chi connectivity index (χ0n) is 8.60. The number of ether oxygens (including phenoxy) is 1. The lowest BCUT2D eigenvalue weighted by Crippen LogP contribution is -2.03. The van der Waals surface area contributed by atoms with Crippen LogP contribution >= 0.6 is 0 Å². The van der Waals surface area contributed by atoms with Crippen LogP contribution in [-0.4, -0.2) is 29.8 Å². The minimum Gasteiger partial charge on any atom is -0.476 e. The average molecular weight is 193 g/mol. The Morgan fingerprint density at radius 2 is 2.21 bits per heavy atom. The minimum atomic E-state index is 0.562. The molecule has 0 aliphatic carbocycles. The molecule has 1 aromatic heterocycles. The molecule has 1 aromatic rings. The number of aliphatic imine (C=N–C) groups is 1. The normalized spacial score (nSPS) is 10.7. The van der Waals surface area contributed by atoms with Gasteiger partial charge in [0.1, 0.15) is 5.69 Å². The Morgan fingerprint density at radius 3 is 2.93 bits per heavy atom. The number of nitrogens with zero attached hydrogens (tertiary/aromatic N) is 3. The fraction of sp³-hybridized carbons (Fsp3) is 0.500. The van der Waals surface area contributed by atoms with Crippen molar-refractivity contribution >= 4 is 6.21 Å². The van der Waals surface area contributed by atoms with E-state index in [0.29, 0.717) is 18.2 Å². The van der Waals surface area contributed by atoms with Gasteiger partial charge in [-0.3, -0.25) is 4.99 Å². The molecule has 0 fully saturated rings. The Morgan fingerprint density at radius 1 is 1.43 bits per heavy atom. The Hall–Kier alpha value is -1.45. The highest BCUT2D eigenvalue weighted by atomic mass is 16.5. The standard InChI is InChI=1S/C10H15N3O/c1-3-4-7-14-10-9(8-11-2)12-5-6-13-10/h5-6,8H,3-4,7H2,1-2H3. The molecule has 0 aromatic carbocycles. The molecular weight excluding hydrogens is 178 g/mol. The van der Waals surface area contributed by atoms with Gasteiger partial charge in [0.15, 0.2) is 0 Å². The van der Waals surface area contributed by atoms with Crippen LogP contribution in [-0.2, 0) is 0 Å². The number of unbranched alkanes of at least 4 members (excludes halogenated alkanes) is 1. The first-order chi connectivity index (χ1) is 6.88. The molecule has 0 aliphatic rings. The lowest BCUT2D eigenvalue weighted by molar-refractivity contribution is 0.296. The van der Waals surface area contributed by atoms with Crippen LogP contribution in [0.4, 0.5) is 0 Å². The summed E-state index contributed by atoms with van der Waals surface area (Å²) >= 11 is 0. The number of aromatic nitrogens is 2. The van der Waals surface area contributed by atoms with E-state index in [1.54, 1.807) is 25.7 Å². The third-order valence-corrected chi connectivity index (χ3v) is 1.68. The predicted octanol–water partition coefficient (Wildman–Crippen LogP) is 1.70. The molecule has 0 bridgehead atoms. The summed E-state index contributed by atoms with van der Waals surface area (Å²) in [6.45, 7) is 2.80. The molecule has 0 saturated carbocycles. The lowest BCUT2D eigenvalue weighted by Gasteiger charge is -2.05. The van der Waals surface area contributed by atoms with Crippen molar-refractivity contribution in [3.05, 3.63) is 18.1 Å². The molecule has 4 heteroatoms. The third-order valence-electron chi connectivity index (χ3n) is 1.68. The predicted molar refractivity (Wildman–Crippen MR) is 56.0 cm³/mol. The van der Waals surface area contributed by atoms with Crippen molar-refractivity contribution in [2.45, 2.75) is 19.8 Å². The quantitative estimate of drug-likeness (QED) is 0.528. The average Bonchev–Trinajstić information content (AvgIpc) is 2.21. The molecule has 0 aliphatic heterocycles. The fourth-order valence-electron chi connectivity index (χ4n) is 0.971. The van der Waals surface area contributed by atoms with Gasteiger partial charge < -0.3 is 4.74 Å². The summed E-state index contributed by atoms with van der Waals surface area (Å²) in [5.74, 6) is 0.562. The maximum absolute atomic E-state index is 5.47. The number of rotatable bonds is 5. The maximum Gasteiger partial charge on any atom is 0.241 e. The van der Waals surface area contributed by atoms with Crippen LogP contribution in [0.2, 0.25) is 0 Å². The van der Waals surface area contributed by atoms with E-state index in [9.17, 15) is 0 Å². The SMILES string of the molecule is CCCCOc1nccnc1C=NC. The summed E-state index contributed by atoms with van der Waals surface area (Å²) < 4.78 is 5.47. The first-order valence-electron chi connectivity index (χ1n) is 4.74. The smallest absolute Gasteiger partial charge is 0.241 e. The maximum atomic E-state index is 5.47. The van der Waals surface area contributed by atoms with Gasteiger partial charge in [-0.05, 0) is 6.42 Å². The van der Waals surface area contributed by atoms with Crippen molar-refractivity contribution in [2.24, 2.45) is 4.99 Å². The summed E-state index contributed by atoms with van der Waals surface area (Å²) in [4.78, 5) is 12.1. The first kappa shape index (κ1) is 10.6. The Bertz CT molecular complexity index is 299. The lowest BCUT2D eigenvalue weighted by atomic mass is 10.4. The van der Waals surface area contributed by atoms with Gasteiger partial charge in [0.2, 0.25) is 5.88 Å². The van der Waals surface area contributed by atoms with E-state index in [4.69, 9.17) is 4.74 Å². The minimum absolute atomic E-state index is 0.562. The first-order valence-corrected chi connectivity index (χ1v) is 4.74. The van der Waals surface area contributed by atoms with Gasteiger partial charge in [-0.25, -0.2) is 9.97 Å². The molecule has 0 amide bonds. The summed E-state index contributed by atoms with van der Waals surface area (Å²) in [7, 11) is 1.70. The zero-order chi connectivity index (χ0) is 10.2. The van der Waals surface area contributed by atoms with E-state index in [1.165, 1.54) is 0 Å². The molecule has 0 radical (unpaired) electrons. The Labute approximate surface area is 84.1 Å². The van der Waals surface area contributed by atoms with Gasteiger partial charge in [0.25, 0.3) is 0 Å². The van der Waals surface area contributed by atoms with Crippen LogP contribution in [0.5, 0.6) is 5.88 Å². The molecule has 14 heavy (non-hydrogen) atoms. The van der Waals surface area contributed by atoms with Crippen LogP contribution in [0.1, 0.15) is 25.5 Å². The zero-order valence-corrected chi connectivity index (χ0v) is 8.60. The largest absolute Gasteiger partial charge is 0.476 e. The highest BCUT2D eigenvalue weighted by Gasteiger charge is 2.02. The summed E-state index contributed by atoms with van der Waals surface area (Å²) in [5, 5.41) is 0. The molecule has 4 nitrogen and oxygen atoms in total. The van der Waals surface area contributed by atoms with Gasteiger partial charge in [0.05, 0.1) is 12.8 Å². The topological polar surface area (TPSA) is 47.4 Å². The van der Waals surface area contributed by atoms with E-state index < -0.39 is 0 Å². The van der Waals surface area contributed by atoms with Crippen molar-refractivity contribution in [3.8, 4) is 5.88 Å². The van der Waals surface area contributed by atoms with E-state index in [-0.39, 0.29) is 0 Å². The van der Waals surface area contributed by atoms with Gasteiger partial charge in [0, 0.05) is 19.4 Å². The third kappa shape index (κ3) is 3.12. The monoisotopic (exact) mass is 193 g/mol. The van der Waals surface area contributed by atoms with Crippen LogP contribution in [0.15, 0.2) is 17.4 Å². The highest BCUT2D eigenvalue weighted by Crippen LogP contribution is 2.09. The van der Waals surface area contributed by atoms with Gasteiger partial charge in [-0.15, -0.1) is 0 Å². The van der Waals surface area contributed by atoms with E-state index in [0.717, 1.165) is 12.8 Å². The molecule has 0 saturated heterocycles. The summed E-state index contributed by atoms with van der Waals surface area (Å²) in [6, 6.07) is 0. The van der Waals surface area contributed by atoms with Crippen molar-refractivity contribution in [1.82, 2.24) is 9.97 Å². The highest BCUT2D eigenvalue weighted by molar-refractivity contribution is 5.79. The van der Waals surface area contributed by atoms with Crippen LogP contribution in [0.25, 0.3) is 0 Å². The molecular formula is C10H15N3O. The molecule has 76 valence electrons. The molecule has 1 heterocycles. The van der Waals surface area contributed by atoms with Gasteiger partial charge in [-0.1, -0.05) is 13.3 Å². The van der Waals surface area contributed by atoms with Crippen molar-refractivity contribution in [3.63, 3.8) is 0 Å². The van der Waals surface area contributed by atoms with Crippen molar-refractivity contribution in [1.29, 1.82) is 0 Å². The van der Waals surface area contributed by atoms with Crippen LogP contribution < -0.4 is 4.74 Å². The fourth-order valence-corrected chi connectivity index (χ4v) is 0.971. The Balaban J connectivity index is 2.64. The second-order valence-corrected chi connectivity index (χ2v) is 2.84. The molecule has 0 spiro atoms. The van der Waals surface area contributed by atoms with Crippen molar-refractivity contribution < 1.29 is 4.74 Å². The molecule has 0 N–H and O–H groups in total. The van der Waals surface area contributed by atoms with Crippen LogP contribution in [0.3, 0.4) is 0 Å². The van der Waals surface area contributed by atoms with E-state index >= 15 is 0 Å². The Kier molecular flexibility index (Phi) is 4.61. The molecule has 0 unspecified atom stereocenters. The molecule has 1 rings (SSSR count). The summed E-state index contributed by atoms with van der Waals surface area (Å²) in [6.07, 6.45) is 7.03. The van der Waals surface area contributed by atoms with E-state index in [1.807, 2.05) is 0 Å². The number of hydrogen-bond donors (Lipinski definition) is 0. The number of hydrogen-bond acceptors (Lipinski definition) is 4. The second-order valence-electron chi connectivity index (χ2n) is 2.84. The molecule has 0 atom stereocenters. The van der Waals surface area contributed by atoms with Crippen molar-refractivity contribution in [2.75, 3.05) is 13.7 Å². The second kappa shape index (κ2) is 6.07. The van der Waals surface area contributed by atoms with Gasteiger partial charge >= 0.3 is 0 Å². The van der Waals surface area contributed by atoms with E-state index in [2.05, 4.69) is 21.9 Å². The van der Waals surface area contributed by atoms with Gasteiger partial charge in [-0.2, -0.15) is 0 Å². The summed E-state index contributed by atoms with van der Waals surface area (Å²) in [5.41, 5.74) is 0.686. The van der Waals surface area contributed by atoms with Crippen LogP contribution in [0, 0.1) is 0 Å².